The van der Waals surface area contributed by atoms with Gasteiger partial charge in [-0.2, -0.15) is 0 Å². The van der Waals surface area contributed by atoms with Crippen LogP contribution >= 0.6 is 23.2 Å². The van der Waals surface area contributed by atoms with Gasteiger partial charge in [0.25, 0.3) is 11.8 Å². The highest BCUT2D eigenvalue weighted by molar-refractivity contribution is 6.40. The molecule has 0 unspecified atom stereocenters. The van der Waals surface area contributed by atoms with Gasteiger partial charge in [0.1, 0.15) is 0 Å². The fraction of sp³-hybridized carbons (Fsp3) is 0.432. The van der Waals surface area contributed by atoms with Crippen LogP contribution in [0.5, 0.6) is 0 Å². The minimum Gasteiger partial charge on any atom is -0.481 e. The Kier molecular flexibility index (Phi) is 9.70. The second-order valence-corrected chi connectivity index (χ2v) is 14.6. The van der Waals surface area contributed by atoms with E-state index in [-0.39, 0.29) is 17.6 Å². The normalized spacial score (nSPS) is 20.4. The van der Waals surface area contributed by atoms with Crippen molar-refractivity contribution < 1.29 is 19.5 Å². The van der Waals surface area contributed by atoms with E-state index in [2.05, 4.69) is 25.8 Å². The maximum absolute atomic E-state index is 13.7. The lowest BCUT2D eigenvalue weighted by molar-refractivity contribution is -0.152. The van der Waals surface area contributed by atoms with Crippen molar-refractivity contribution in [1.82, 2.24) is 29.3 Å². The number of rotatable bonds is 8. The molecule has 4 aromatic rings. The number of nitrogens with one attached hydrogen (secondary N) is 3. The number of fused-ring (bicyclic) bond motifs is 2. The van der Waals surface area contributed by atoms with Crippen LogP contribution in [0.3, 0.4) is 0 Å². The molecule has 51 heavy (non-hydrogen) atoms. The number of halogens is 2. The van der Waals surface area contributed by atoms with Crippen LogP contribution in [0, 0.1) is 5.41 Å². The highest BCUT2D eigenvalue weighted by atomic mass is 35.5. The first-order valence-corrected chi connectivity index (χ1v) is 18.2. The number of nitrogens with zero attached hydrogens (tertiary/aromatic N) is 5. The first kappa shape index (κ1) is 35.2. The molecule has 4 N–H and O–H groups in total. The van der Waals surface area contributed by atoms with Crippen LogP contribution in [0.4, 0.5) is 11.4 Å². The number of carbonyl (C=O) groups is 3. The van der Waals surface area contributed by atoms with Crippen LogP contribution in [0.1, 0.15) is 83.0 Å². The molecule has 0 saturated heterocycles. The number of carbonyl (C=O) groups excluding carboxylic acids is 2. The molecule has 7 rings (SSSR count). The molecule has 4 heterocycles. The molecular formula is C37H42Cl2N8O4. The topological polar surface area (TPSA) is 146 Å². The number of benzene rings is 2. The summed E-state index contributed by atoms with van der Waals surface area (Å²) in [7, 11) is 3.70. The number of carboxylic acids is 1. The van der Waals surface area contributed by atoms with E-state index in [9.17, 15) is 19.5 Å². The molecule has 0 radical (unpaired) electrons. The molecule has 1 aliphatic carbocycles. The zero-order valence-electron chi connectivity index (χ0n) is 29.0. The summed E-state index contributed by atoms with van der Waals surface area (Å²) in [5.74, 6) is -0.839. The van der Waals surface area contributed by atoms with Gasteiger partial charge in [0.2, 0.25) is 0 Å². The van der Waals surface area contributed by atoms with E-state index in [1.54, 1.807) is 24.3 Å². The first-order valence-electron chi connectivity index (χ1n) is 17.5. The Morgan fingerprint density at radius 3 is 1.96 bits per heavy atom. The quantitative estimate of drug-likeness (QED) is 0.171. The molecule has 1 fully saturated rings. The van der Waals surface area contributed by atoms with Gasteiger partial charge in [0, 0.05) is 81.7 Å². The lowest BCUT2D eigenvalue weighted by atomic mass is 9.70. The maximum atomic E-state index is 13.7. The summed E-state index contributed by atoms with van der Waals surface area (Å²) in [5.41, 5.74) is 5.18. The lowest BCUT2D eigenvalue weighted by Gasteiger charge is -2.42. The summed E-state index contributed by atoms with van der Waals surface area (Å²) in [6.07, 6.45) is 5.23. The van der Waals surface area contributed by atoms with E-state index in [1.165, 1.54) is 0 Å². The molecule has 12 nitrogen and oxygen atoms in total. The standard InChI is InChI=1S/C37H42Cl2N8O4/c1-4-37(36(50)51)15-11-21(12-16-37)47-18-14-29-27(20-47)42-33(46(29)3)35(49)44-25-10-6-8-23(31(25)39)22-7-5-9-24(30(22)38)43-34(48)32-41-26-19-40-17-13-28(26)45(32)2/h5-10,21,40H,4,11-20H2,1-3H3,(H,43,48)(H,44,49)(H,50,51). The second kappa shape index (κ2) is 14.1. The van der Waals surface area contributed by atoms with Crippen molar-refractivity contribution >= 4 is 52.4 Å². The predicted molar refractivity (Wildman–Crippen MR) is 196 cm³/mol. The van der Waals surface area contributed by atoms with Gasteiger partial charge in [-0.3, -0.25) is 19.3 Å². The Hall–Kier alpha value is -4.23. The third-order valence-electron chi connectivity index (χ3n) is 11.2. The van der Waals surface area contributed by atoms with Gasteiger partial charge in [-0.1, -0.05) is 54.4 Å². The number of aromatic nitrogens is 4. The average Bonchev–Trinajstić information content (AvgIpc) is 3.66. The monoisotopic (exact) mass is 732 g/mol. The van der Waals surface area contributed by atoms with Crippen LogP contribution < -0.4 is 16.0 Å². The average molecular weight is 734 g/mol. The van der Waals surface area contributed by atoms with E-state index < -0.39 is 11.4 Å². The van der Waals surface area contributed by atoms with Gasteiger partial charge in [-0.15, -0.1) is 0 Å². The highest BCUT2D eigenvalue weighted by Crippen LogP contribution is 2.42. The van der Waals surface area contributed by atoms with Gasteiger partial charge >= 0.3 is 5.97 Å². The zero-order chi connectivity index (χ0) is 36.0. The zero-order valence-corrected chi connectivity index (χ0v) is 30.5. The Morgan fingerprint density at radius 2 is 1.43 bits per heavy atom. The molecule has 2 aromatic heterocycles. The molecule has 268 valence electrons. The fourth-order valence-corrected chi connectivity index (χ4v) is 8.54. The van der Waals surface area contributed by atoms with Crippen molar-refractivity contribution in [3.63, 3.8) is 0 Å². The third kappa shape index (κ3) is 6.43. The summed E-state index contributed by atoms with van der Waals surface area (Å²) in [4.78, 5) is 50.7. The Bertz CT molecular complexity index is 2030. The molecule has 0 spiro atoms. The predicted octanol–water partition coefficient (Wildman–Crippen LogP) is 6.06. The van der Waals surface area contributed by atoms with E-state index in [4.69, 9.17) is 28.2 Å². The largest absolute Gasteiger partial charge is 0.481 e. The van der Waals surface area contributed by atoms with E-state index in [1.807, 2.05) is 42.3 Å². The number of hydrogen-bond donors (Lipinski definition) is 4. The molecule has 14 heteroatoms. The fourth-order valence-electron chi connectivity index (χ4n) is 7.99. The molecule has 2 aliphatic heterocycles. The minimum atomic E-state index is -0.687. The number of carboxylic acid groups (broad SMARTS) is 1. The second-order valence-electron chi connectivity index (χ2n) is 13.8. The summed E-state index contributed by atoms with van der Waals surface area (Å²) < 4.78 is 3.68. The van der Waals surface area contributed by atoms with Crippen LogP contribution in [0.25, 0.3) is 11.1 Å². The number of anilines is 2. The summed E-state index contributed by atoms with van der Waals surface area (Å²) in [5, 5.41) is 19.6. The first-order chi connectivity index (χ1) is 24.5. The van der Waals surface area contributed by atoms with Gasteiger partial charge in [-0.25, -0.2) is 9.97 Å². The van der Waals surface area contributed by atoms with Crippen LogP contribution in [-0.2, 0) is 44.8 Å². The third-order valence-corrected chi connectivity index (χ3v) is 12.0. The Morgan fingerprint density at radius 1 is 0.882 bits per heavy atom. The molecule has 2 aromatic carbocycles. The van der Waals surface area contributed by atoms with Crippen molar-refractivity contribution in [2.24, 2.45) is 19.5 Å². The molecule has 0 bridgehead atoms. The molecule has 1 saturated carbocycles. The molecule has 2 amide bonds. The maximum Gasteiger partial charge on any atom is 0.309 e. The van der Waals surface area contributed by atoms with Gasteiger partial charge in [-0.05, 0) is 44.2 Å². The number of aliphatic carboxylic acids is 1. The van der Waals surface area contributed by atoms with Crippen molar-refractivity contribution in [2.75, 3.05) is 23.7 Å². The Balaban J connectivity index is 1.06. The molecule has 0 atom stereocenters. The van der Waals surface area contributed by atoms with Crippen molar-refractivity contribution in [1.29, 1.82) is 0 Å². The smallest absolute Gasteiger partial charge is 0.309 e. The number of amides is 2. The van der Waals surface area contributed by atoms with Gasteiger partial charge < -0.3 is 30.2 Å². The summed E-state index contributed by atoms with van der Waals surface area (Å²) in [6, 6.07) is 10.9. The van der Waals surface area contributed by atoms with E-state index in [0.717, 1.165) is 61.5 Å². The van der Waals surface area contributed by atoms with E-state index >= 15 is 0 Å². The summed E-state index contributed by atoms with van der Waals surface area (Å²) in [6.45, 7) is 4.88. The Labute approximate surface area is 306 Å². The van der Waals surface area contributed by atoms with Crippen molar-refractivity contribution in [3.05, 3.63) is 80.9 Å². The van der Waals surface area contributed by atoms with Gasteiger partial charge in [0.15, 0.2) is 11.6 Å². The number of imidazole rings is 2. The van der Waals surface area contributed by atoms with Gasteiger partial charge in [0.05, 0.1) is 38.2 Å². The minimum absolute atomic E-state index is 0.289. The van der Waals surface area contributed by atoms with Crippen LogP contribution in [0.2, 0.25) is 10.0 Å². The van der Waals surface area contributed by atoms with Crippen molar-refractivity contribution in [2.45, 2.75) is 71.0 Å². The van der Waals surface area contributed by atoms with E-state index in [0.29, 0.717) is 76.8 Å². The van der Waals surface area contributed by atoms with Crippen LogP contribution in [-0.4, -0.2) is 66.0 Å². The van der Waals surface area contributed by atoms with Crippen molar-refractivity contribution in [3.8, 4) is 11.1 Å². The lowest BCUT2D eigenvalue weighted by Crippen LogP contribution is -2.45. The highest BCUT2D eigenvalue weighted by Gasteiger charge is 2.42. The number of hydrogen-bond acceptors (Lipinski definition) is 7. The molecule has 3 aliphatic rings. The van der Waals surface area contributed by atoms with Crippen LogP contribution in [0.15, 0.2) is 36.4 Å². The summed E-state index contributed by atoms with van der Waals surface area (Å²) >= 11 is 13.8. The SMILES string of the molecule is CCC1(C(=O)O)CCC(N2CCc3c(nc(C(=O)Nc4cccc(-c5cccc(NC(=O)c6nc7c(n6C)CCNC7)c5Cl)c4Cl)n3C)C2)CC1. The molecular weight excluding hydrogens is 691 g/mol.